The maximum Gasteiger partial charge on any atom is 0.329 e. The van der Waals surface area contributed by atoms with Crippen molar-refractivity contribution in [3.8, 4) is 0 Å². The lowest BCUT2D eigenvalue weighted by Gasteiger charge is -2.34. The van der Waals surface area contributed by atoms with Crippen molar-refractivity contribution in [1.82, 2.24) is 4.90 Å². The van der Waals surface area contributed by atoms with E-state index in [1.165, 1.54) is 4.90 Å². The van der Waals surface area contributed by atoms with Crippen molar-refractivity contribution in [3.63, 3.8) is 0 Å². The van der Waals surface area contributed by atoms with Crippen molar-refractivity contribution in [1.29, 1.82) is 0 Å². The highest BCUT2D eigenvalue weighted by Crippen LogP contribution is 2.17. The van der Waals surface area contributed by atoms with Gasteiger partial charge >= 0.3 is 5.97 Å². The van der Waals surface area contributed by atoms with Crippen LogP contribution in [0.5, 0.6) is 0 Å². The smallest absolute Gasteiger partial charge is 0.329 e. The number of carboxylic acid groups (broad SMARTS) is 1. The first-order valence-electron chi connectivity index (χ1n) is 6.02. The molecule has 1 amide bonds. The molecule has 1 unspecified atom stereocenters. The van der Waals surface area contributed by atoms with Crippen LogP contribution in [0.1, 0.15) is 47.0 Å². The van der Waals surface area contributed by atoms with Gasteiger partial charge in [-0.15, -0.1) is 0 Å². The first-order valence-corrected chi connectivity index (χ1v) is 6.02. The van der Waals surface area contributed by atoms with Gasteiger partial charge in [0.15, 0.2) is 0 Å². The molecule has 0 saturated carbocycles. The SMILES string of the molecule is CCN(C(=O)CCCC(C)N)C(C)(C)C(=O)O. The molecular weight excluding hydrogens is 220 g/mol. The highest BCUT2D eigenvalue weighted by Gasteiger charge is 2.36. The Morgan fingerprint density at radius 1 is 1.41 bits per heavy atom. The third-order valence-electron chi connectivity index (χ3n) is 2.87. The molecule has 0 aromatic carbocycles. The zero-order valence-corrected chi connectivity index (χ0v) is 11.2. The number of nitrogens with zero attached hydrogens (tertiary/aromatic N) is 1. The summed E-state index contributed by atoms with van der Waals surface area (Å²) in [6.45, 7) is 7.16. The summed E-state index contributed by atoms with van der Waals surface area (Å²) in [5.74, 6) is -1.11. The summed E-state index contributed by atoms with van der Waals surface area (Å²) in [5, 5.41) is 9.09. The van der Waals surface area contributed by atoms with Crippen LogP contribution in [0, 0.1) is 0 Å². The average molecular weight is 244 g/mol. The molecule has 0 aliphatic carbocycles. The molecule has 0 aromatic heterocycles. The van der Waals surface area contributed by atoms with E-state index in [4.69, 9.17) is 10.8 Å². The van der Waals surface area contributed by atoms with E-state index in [1.54, 1.807) is 20.8 Å². The maximum absolute atomic E-state index is 11.9. The minimum absolute atomic E-state index is 0.0744. The standard InChI is InChI=1S/C12H24N2O3/c1-5-14(12(3,4)11(16)17)10(15)8-6-7-9(2)13/h9H,5-8,13H2,1-4H3,(H,16,17). The van der Waals surface area contributed by atoms with E-state index in [0.29, 0.717) is 19.4 Å². The van der Waals surface area contributed by atoms with Gasteiger partial charge < -0.3 is 15.7 Å². The Morgan fingerprint density at radius 2 is 1.94 bits per heavy atom. The molecule has 0 radical (unpaired) electrons. The number of aliphatic carboxylic acids is 1. The molecule has 1 atom stereocenters. The summed E-state index contributed by atoms with van der Waals surface area (Å²) in [5.41, 5.74) is 4.45. The van der Waals surface area contributed by atoms with E-state index in [1.807, 2.05) is 6.92 Å². The van der Waals surface area contributed by atoms with Crippen LogP contribution in [0.15, 0.2) is 0 Å². The molecule has 0 aliphatic heterocycles. The second-order valence-corrected chi connectivity index (χ2v) is 4.87. The van der Waals surface area contributed by atoms with E-state index in [9.17, 15) is 9.59 Å². The molecule has 0 fully saturated rings. The van der Waals surface area contributed by atoms with Gasteiger partial charge in [-0.3, -0.25) is 4.79 Å². The molecule has 0 aromatic rings. The zero-order chi connectivity index (χ0) is 13.6. The molecule has 100 valence electrons. The molecular formula is C12H24N2O3. The maximum atomic E-state index is 11.9. The number of carbonyl (C=O) groups is 2. The van der Waals surface area contributed by atoms with Crippen LogP contribution >= 0.6 is 0 Å². The zero-order valence-electron chi connectivity index (χ0n) is 11.2. The number of rotatable bonds is 7. The molecule has 0 aliphatic rings. The summed E-state index contributed by atoms with van der Waals surface area (Å²) in [6.07, 6.45) is 1.82. The minimum atomic E-state index is -1.15. The number of carbonyl (C=O) groups excluding carboxylic acids is 1. The van der Waals surface area contributed by atoms with Crippen LogP contribution in [-0.2, 0) is 9.59 Å². The fourth-order valence-electron chi connectivity index (χ4n) is 1.71. The average Bonchev–Trinajstić information content (AvgIpc) is 2.17. The Bertz CT molecular complexity index is 275. The van der Waals surface area contributed by atoms with Crippen molar-refractivity contribution in [2.24, 2.45) is 5.73 Å². The van der Waals surface area contributed by atoms with E-state index < -0.39 is 11.5 Å². The second kappa shape index (κ2) is 6.59. The van der Waals surface area contributed by atoms with Gasteiger partial charge in [0.1, 0.15) is 5.54 Å². The molecule has 0 rings (SSSR count). The van der Waals surface area contributed by atoms with Gasteiger partial charge in [0.2, 0.25) is 5.91 Å². The van der Waals surface area contributed by atoms with Gasteiger partial charge in [0, 0.05) is 19.0 Å². The molecule has 0 bridgehead atoms. The van der Waals surface area contributed by atoms with Crippen LogP contribution < -0.4 is 5.73 Å². The molecule has 0 spiro atoms. The van der Waals surface area contributed by atoms with E-state index in [-0.39, 0.29) is 11.9 Å². The Hall–Kier alpha value is -1.10. The van der Waals surface area contributed by atoms with E-state index >= 15 is 0 Å². The van der Waals surface area contributed by atoms with Crippen LogP contribution in [-0.4, -0.2) is 40.0 Å². The predicted molar refractivity (Wildman–Crippen MR) is 66.6 cm³/mol. The third kappa shape index (κ3) is 4.73. The van der Waals surface area contributed by atoms with Gasteiger partial charge in [-0.2, -0.15) is 0 Å². The summed E-state index contributed by atoms with van der Waals surface area (Å²) in [6, 6.07) is 0.0744. The highest BCUT2D eigenvalue weighted by molar-refractivity contribution is 5.86. The van der Waals surface area contributed by atoms with Crippen LogP contribution in [0.2, 0.25) is 0 Å². The number of nitrogens with two attached hydrogens (primary N) is 1. The Kier molecular flexibility index (Phi) is 6.16. The molecule has 0 saturated heterocycles. The Balaban J connectivity index is 4.46. The van der Waals surface area contributed by atoms with E-state index in [2.05, 4.69) is 0 Å². The predicted octanol–water partition coefficient (Wildman–Crippen LogP) is 1.22. The first-order chi connectivity index (χ1) is 7.73. The van der Waals surface area contributed by atoms with Crippen molar-refractivity contribution >= 4 is 11.9 Å². The topological polar surface area (TPSA) is 83.6 Å². The second-order valence-electron chi connectivity index (χ2n) is 4.87. The van der Waals surface area contributed by atoms with Gasteiger partial charge in [0.05, 0.1) is 0 Å². The number of likely N-dealkylation sites (N-methyl/N-ethyl adjacent to an activating group) is 1. The van der Waals surface area contributed by atoms with E-state index in [0.717, 1.165) is 6.42 Å². The van der Waals surface area contributed by atoms with Crippen molar-refractivity contribution in [2.45, 2.75) is 58.5 Å². The summed E-state index contributed by atoms with van der Waals surface area (Å²) in [7, 11) is 0. The fraction of sp³-hybridized carbons (Fsp3) is 0.833. The number of hydrogen-bond donors (Lipinski definition) is 2. The number of amides is 1. The lowest BCUT2D eigenvalue weighted by Crippen LogP contribution is -2.52. The Morgan fingerprint density at radius 3 is 2.29 bits per heavy atom. The summed E-state index contributed by atoms with van der Waals surface area (Å²) >= 11 is 0. The molecule has 0 heterocycles. The summed E-state index contributed by atoms with van der Waals surface area (Å²) in [4.78, 5) is 24.4. The minimum Gasteiger partial charge on any atom is -0.480 e. The molecule has 3 N–H and O–H groups in total. The number of carboxylic acids is 1. The molecule has 5 nitrogen and oxygen atoms in total. The van der Waals surface area contributed by atoms with Crippen LogP contribution in [0.25, 0.3) is 0 Å². The monoisotopic (exact) mass is 244 g/mol. The largest absolute Gasteiger partial charge is 0.480 e. The lowest BCUT2D eigenvalue weighted by molar-refractivity contribution is -0.156. The molecule has 5 heteroatoms. The third-order valence-corrected chi connectivity index (χ3v) is 2.87. The van der Waals surface area contributed by atoms with Crippen LogP contribution in [0.3, 0.4) is 0 Å². The Labute approximate surface area is 103 Å². The lowest BCUT2D eigenvalue weighted by atomic mass is 10.0. The molecule has 17 heavy (non-hydrogen) atoms. The normalized spacial score (nSPS) is 13.2. The quantitative estimate of drug-likeness (QED) is 0.705. The van der Waals surface area contributed by atoms with Crippen LogP contribution in [0.4, 0.5) is 0 Å². The number of hydrogen-bond acceptors (Lipinski definition) is 3. The van der Waals surface area contributed by atoms with Crippen molar-refractivity contribution in [3.05, 3.63) is 0 Å². The first kappa shape index (κ1) is 15.9. The van der Waals surface area contributed by atoms with Crippen molar-refractivity contribution in [2.75, 3.05) is 6.54 Å². The van der Waals surface area contributed by atoms with Gasteiger partial charge in [-0.05, 0) is 40.5 Å². The highest BCUT2D eigenvalue weighted by atomic mass is 16.4. The van der Waals surface area contributed by atoms with Crippen molar-refractivity contribution < 1.29 is 14.7 Å². The summed E-state index contributed by atoms with van der Waals surface area (Å²) < 4.78 is 0. The van der Waals surface area contributed by atoms with Gasteiger partial charge in [0.25, 0.3) is 0 Å². The fourth-order valence-corrected chi connectivity index (χ4v) is 1.71. The van der Waals surface area contributed by atoms with Gasteiger partial charge in [-0.1, -0.05) is 0 Å². The van der Waals surface area contributed by atoms with Gasteiger partial charge in [-0.25, -0.2) is 4.79 Å².